The molecule has 0 spiro atoms. The lowest BCUT2D eigenvalue weighted by molar-refractivity contribution is -0.139. The highest BCUT2D eigenvalue weighted by molar-refractivity contribution is 9.10. The minimum absolute atomic E-state index is 0.0823. The molecule has 0 aliphatic rings. The summed E-state index contributed by atoms with van der Waals surface area (Å²) >= 11 is 3.42. The van der Waals surface area contributed by atoms with E-state index in [4.69, 9.17) is 0 Å². The molecule has 0 bridgehead atoms. The van der Waals surface area contributed by atoms with Gasteiger partial charge in [0.05, 0.1) is 10.6 Å². The maximum absolute atomic E-state index is 13.9. The van der Waals surface area contributed by atoms with Gasteiger partial charge in [-0.2, -0.15) is 0 Å². The number of carbonyl (C=O) groups is 2. The number of benzene rings is 3. The first-order valence-corrected chi connectivity index (χ1v) is 15.3. The minimum Gasteiger partial charge on any atom is -0.354 e. The van der Waals surface area contributed by atoms with E-state index in [9.17, 15) is 18.0 Å². The lowest BCUT2D eigenvalue weighted by atomic mass is 10.0. The lowest BCUT2D eigenvalue weighted by Crippen LogP contribution is -2.51. The quantitative estimate of drug-likeness (QED) is 0.283. The van der Waals surface area contributed by atoms with Crippen LogP contribution >= 0.6 is 15.9 Å². The van der Waals surface area contributed by atoms with Gasteiger partial charge in [-0.05, 0) is 66.8 Å². The van der Waals surface area contributed by atoms with Gasteiger partial charge < -0.3 is 10.2 Å². The van der Waals surface area contributed by atoms with Crippen LogP contribution < -0.4 is 9.62 Å². The van der Waals surface area contributed by atoms with E-state index < -0.39 is 28.5 Å². The van der Waals surface area contributed by atoms with Crippen LogP contribution in [0, 0.1) is 0 Å². The van der Waals surface area contributed by atoms with Gasteiger partial charge in [0, 0.05) is 17.6 Å². The highest BCUT2D eigenvalue weighted by Crippen LogP contribution is 2.26. The van der Waals surface area contributed by atoms with E-state index in [1.165, 1.54) is 17.0 Å². The summed E-state index contributed by atoms with van der Waals surface area (Å²) in [6, 6.07) is 21.9. The average Bonchev–Trinajstić information content (AvgIpc) is 2.94. The van der Waals surface area contributed by atoms with Crippen LogP contribution in [0.4, 0.5) is 5.69 Å². The first-order chi connectivity index (χ1) is 18.5. The monoisotopic (exact) mass is 613 g/mol. The number of halogens is 1. The molecule has 0 aliphatic carbocycles. The molecule has 2 amide bonds. The van der Waals surface area contributed by atoms with Crippen molar-refractivity contribution in [1.82, 2.24) is 10.2 Å². The van der Waals surface area contributed by atoms with E-state index in [1.54, 1.807) is 37.3 Å². The number of nitrogens with zero attached hydrogens (tertiary/aromatic N) is 2. The maximum Gasteiger partial charge on any atom is 0.264 e. The Kier molecular flexibility index (Phi) is 10.7. The molecule has 39 heavy (non-hydrogen) atoms. The SMILES string of the molecule is CCCNC(=O)[C@@H](C)N(Cc1ccc(Br)cc1)C(=O)CN(c1ccc(C(C)C)cc1)S(=O)(=O)c1ccccc1. The van der Waals surface area contributed by atoms with Gasteiger partial charge in [0.25, 0.3) is 10.0 Å². The van der Waals surface area contributed by atoms with Crippen LogP contribution in [0.25, 0.3) is 0 Å². The fourth-order valence-corrected chi connectivity index (χ4v) is 5.74. The summed E-state index contributed by atoms with van der Waals surface area (Å²) in [5.74, 6) is -0.505. The maximum atomic E-state index is 13.9. The van der Waals surface area contributed by atoms with Crippen molar-refractivity contribution in [3.05, 3.63) is 94.5 Å². The van der Waals surface area contributed by atoms with Crippen LogP contribution in [0.1, 0.15) is 51.2 Å². The summed E-state index contributed by atoms with van der Waals surface area (Å²) in [4.78, 5) is 28.3. The highest BCUT2D eigenvalue weighted by atomic mass is 79.9. The molecule has 3 aromatic rings. The van der Waals surface area contributed by atoms with Crippen LogP contribution in [0.2, 0.25) is 0 Å². The smallest absolute Gasteiger partial charge is 0.264 e. The fraction of sp³-hybridized carbons (Fsp3) is 0.333. The Labute approximate surface area is 240 Å². The molecule has 0 aliphatic heterocycles. The van der Waals surface area contributed by atoms with Gasteiger partial charge >= 0.3 is 0 Å². The fourth-order valence-electron chi connectivity index (χ4n) is 4.04. The molecule has 1 atom stereocenters. The molecule has 208 valence electrons. The third kappa shape index (κ3) is 7.92. The van der Waals surface area contributed by atoms with Gasteiger partial charge in [-0.25, -0.2) is 8.42 Å². The zero-order valence-corrected chi connectivity index (χ0v) is 25.2. The zero-order valence-electron chi connectivity index (χ0n) is 22.8. The second-order valence-corrected chi connectivity index (χ2v) is 12.5. The third-order valence-electron chi connectivity index (χ3n) is 6.44. The Hall–Kier alpha value is -3.17. The summed E-state index contributed by atoms with van der Waals surface area (Å²) in [6.45, 7) is 7.91. The largest absolute Gasteiger partial charge is 0.354 e. The normalized spacial score (nSPS) is 12.2. The van der Waals surface area contributed by atoms with E-state index in [-0.39, 0.29) is 23.3 Å². The average molecular weight is 615 g/mol. The Bertz CT molecular complexity index is 1350. The van der Waals surface area contributed by atoms with Crippen molar-refractivity contribution in [3.8, 4) is 0 Å². The van der Waals surface area contributed by atoms with Gasteiger partial charge in [0.15, 0.2) is 0 Å². The Balaban J connectivity index is 2.01. The summed E-state index contributed by atoms with van der Waals surface area (Å²) in [7, 11) is -4.08. The Morgan fingerprint density at radius 3 is 2.08 bits per heavy atom. The summed E-state index contributed by atoms with van der Waals surface area (Å²) in [6.07, 6.45) is 0.759. The molecule has 3 aromatic carbocycles. The highest BCUT2D eigenvalue weighted by Gasteiger charge is 2.32. The van der Waals surface area contributed by atoms with Gasteiger partial charge in [0.2, 0.25) is 11.8 Å². The number of carbonyl (C=O) groups excluding carboxylic acids is 2. The predicted octanol–water partition coefficient (Wildman–Crippen LogP) is 5.71. The summed E-state index contributed by atoms with van der Waals surface area (Å²) < 4.78 is 29.7. The number of hydrogen-bond acceptors (Lipinski definition) is 4. The Morgan fingerprint density at radius 1 is 0.897 bits per heavy atom. The van der Waals surface area contributed by atoms with Crippen LogP contribution in [0.3, 0.4) is 0 Å². The van der Waals surface area contributed by atoms with Crippen molar-refractivity contribution < 1.29 is 18.0 Å². The lowest BCUT2D eigenvalue weighted by Gasteiger charge is -2.32. The van der Waals surface area contributed by atoms with Crippen molar-refractivity contribution >= 4 is 43.5 Å². The van der Waals surface area contributed by atoms with Crippen molar-refractivity contribution in [2.24, 2.45) is 0 Å². The molecule has 0 fully saturated rings. The topological polar surface area (TPSA) is 86.8 Å². The molecule has 9 heteroatoms. The first-order valence-electron chi connectivity index (χ1n) is 13.0. The van der Waals surface area contributed by atoms with Crippen LogP contribution in [0.5, 0.6) is 0 Å². The van der Waals surface area contributed by atoms with E-state index in [0.717, 1.165) is 26.3 Å². The molecule has 0 heterocycles. The molecular weight excluding hydrogens is 578 g/mol. The van der Waals surface area contributed by atoms with E-state index >= 15 is 0 Å². The Morgan fingerprint density at radius 2 is 1.51 bits per heavy atom. The molecule has 7 nitrogen and oxygen atoms in total. The molecule has 0 radical (unpaired) electrons. The van der Waals surface area contributed by atoms with E-state index in [0.29, 0.717) is 12.2 Å². The van der Waals surface area contributed by atoms with Crippen LogP contribution in [0.15, 0.2) is 88.2 Å². The van der Waals surface area contributed by atoms with Crippen molar-refractivity contribution in [2.45, 2.75) is 57.5 Å². The van der Waals surface area contributed by atoms with Crippen LogP contribution in [-0.2, 0) is 26.2 Å². The standard InChI is InChI=1S/C30H36BrN3O4S/c1-5-19-32-30(36)23(4)33(20-24-11-15-26(31)16-12-24)29(35)21-34(27-17-13-25(14-18-27)22(2)3)39(37,38)28-9-7-6-8-10-28/h6-18,22-23H,5,19-21H2,1-4H3,(H,32,36)/t23-/m1/s1. The third-order valence-corrected chi connectivity index (χ3v) is 8.76. The number of sulfonamides is 1. The minimum atomic E-state index is -4.08. The molecule has 0 saturated heterocycles. The van der Waals surface area contributed by atoms with Crippen molar-refractivity contribution in [3.63, 3.8) is 0 Å². The second-order valence-electron chi connectivity index (χ2n) is 9.69. The van der Waals surface area contributed by atoms with E-state index in [1.807, 2.05) is 43.3 Å². The molecule has 3 rings (SSSR count). The van der Waals surface area contributed by atoms with Crippen molar-refractivity contribution in [2.75, 3.05) is 17.4 Å². The van der Waals surface area contributed by atoms with Gasteiger partial charge in [-0.15, -0.1) is 0 Å². The van der Waals surface area contributed by atoms with E-state index in [2.05, 4.69) is 35.1 Å². The second kappa shape index (κ2) is 13.8. The van der Waals surface area contributed by atoms with Gasteiger partial charge in [0.1, 0.15) is 12.6 Å². The van der Waals surface area contributed by atoms with Crippen LogP contribution in [-0.4, -0.2) is 44.3 Å². The predicted molar refractivity (Wildman–Crippen MR) is 159 cm³/mol. The number of nitrogens with one attached hydrogen (secondary N) is 1. The molecule has 0 unspecified atom stereocenters. The zero-order chi connectivity index (χ0) is 28.6. The van der Waals surface area contributed by atoms with Gasteiger partial charge in [-0.1, -0.05) is 79.2 Å². The number of anilines is 1. The van der Waals surface area contributed by atoms with Gasteiger partial charge in [-0.3, -0.25) is 13.9 Å². The van der Waals surface area contributed by atoms with Crippen molar-refractivity contribution in [1.29, 1.82) is 0 Å². The molecule has 0 saturated carbocycles. The molecule has 0 aromatic heterocycles. The first kappa shape index (κ1) is 30.4. The molecule has 1 N–H and O–H groups in total. The number of amides is 2. The number of hydrogen-bond donors (Lipinski definition) is 1. The molecular formula is C30H36BrN3O4S. The number of rotatable bonds is 12. The summed E-state index contributed by atoms with van der Waals surface area (Å²) in [5.41, 5.74) is 2.25. The summed E-state index contributed by atoms with van der Waals surface area (Å²) in [5, 5.41) is 2.85.